The first-order chi connectivity index (χ1) is 10.1. The van der Waals surface area contributed by atoms with Crippen LogP contribution in [0.4, 0.5) is 4.39 Å². The average molecular weight is 305 g/mol. The number of aromatic hydroxyl groups is 1. The Kier molecular flexibility index (Phi) is 3.55. The summed E-state index contributed by atoms with van der Waals surface area (Å²) in [6.45, 7) is 2.72. The van der Waals surface area contributed by atoms with Crippen molar-refractivity contribution in [3.05, 3.63) is 47.2 Å². The van der Waals surface area contributed by atoms with E-state index in [1.807, 2.05) is 11.5 Å². The van der Waals surface area contributed by atoms with Gasteiger partial charge in [-0.2, -0.15) is 0 Å². The first-order valence-electron chi connectivity index (χ1n) is 6.75. The predicted octanol–water partition coefficient (Wildman–Crippen LogP) is 4.61. The third-order valence-electron chi connectivity index (χ3n) is 3.36. The Bertz CT molecular complexity index is 813. The van der Waals surface area contributed by atoms with Gasteiger partial charge in [-0.25, -0.2) is 9.37 Å². The van der Waals surface area contributed by atoms with Crippen LogP contribution in [-0.2, 0) is 6.54 Å². The molecule has 1 heterocycles. The van der Waals surface area contributed by atoms with E-state index in [-0.39, 0.29) is 11.6 Å². The van der Waals surface area contributed by atoms with Crippen LogP contribution >= 0.6 is 11.6 Å². The normalized spacial score (nSPS) is 11.2. The Hall–Kier alpha value is -2.07. The molecule has 0 spiro atoms. The molecule has 0 saturated heterocycles. The SMILES string of the molecule is CCCn1c(-c2cc(Cl)ccc2O)nc2ccc(F)cc21. The lowest BCUT2D eigenvalue weighted by molar-refractivity contribution is 0.476. The standard InChI is InChI=1S/C16H14ClFN2O/c1-2-7-20-14-9-11(18)4-5-13(14)19-16(20)12-8-10(17)3-6-15(12)21/h3-6,8-9,21H,2,7H2,1H3. The zero-order valence-corrected chi connectivity index (χ0v) is 12.2. The second-order valence-corrected chi connectivity index (χ2v) is 5.32. The molecule has 1 N–H and O–H groups in total. The summed E-state index contributed by atoms with van der Waals surface area (Å²) >= 11 is 6.01. The van der Waals surface area contributed by atoms with Gasteiger partial charge in [0.2, 0.25) is 0 Å². The van der Waals surface area contributed by atoms with Crippen LogP contribution in [-0.4, -0.2) is 14.7 Å². The highest BCUT2D eigenvalue weighted by Gasteiger charge is 2.16. The third-order valence-corrected chi connectivity index (χ3v) is 3.59. The molecule has 0 saturated carbocycles. The summed E-state index contributed by atoms with van der Waals surface area (Å²) in [5.74, 6) is 0.395. The van der Waals surface area contributed by atoms with Crippen LogP contribution in [0.15, 0.2) is 36.4 Å². The van der Waals surface area contributed by atoms with E-state index < -0.39 is 0 Å². The number of nitrogens with zero attached hydrogens (tertiary/aromatic N) is 2. The molecule has 0 fully saturated rings. The van der Waals surface area contributed by atoms with Crippen molar-refractivity contribution in [1.29, 1.82) is 0 Å². The Morgan fingerprint density at radius 2 is 2.05 bits per heavy atom. The van der Waals surface area contributed by atoms with Crippen LogP contribution in [0.2, 0.25) is 5.02 Å². The summed E-state index contributed by atoms with van der Waals surface area (Å²) in [6, 6.07) is 9.31. The van der Waals surface area contributed by atoms with Gasteiger partial charge in [-0.1, -0.05) is 18.5 Å². The lowest BCUT2D eigenvalue weighted by Gasteiger charge is -2.09. The number of fused-ring (bicyclic) bond motifs is 1. The largest absolute Gasteiger partial charge is 0.507 e. The molecule has 0 atom stereocenters. The van der Waals surface area contributed by atoms with E-state index in [0.717, 1.165) is 6.42 Å². The molecule has 108 valence electrons. The minimum absolute atomic E-state index is 0.104. The summed E-state index contributed by atoms with van der Waals surface area (Å²) in [5, 5.41) is 10.6. The smallest absolute Gasteiger partial charge is 0.144 e. The molecule has 0 aliphatic carbocycles. The Morgan fingerprint density at radius 1 is 1.24 bits per heavy atom. The molecule has 0 amide bonds. The van der Waals surface area contributed by atoms with E-state index >= 15 is 0 Å². The Labute approximate surface area is 126 Å². The van der Waals surface area contributed by atoms with E-state index in [2.05, 4.69) is 4.98 Å². The number of phenolic OH excluding ortho intramolecular Hbond substituents is 1. The molecule has 5 heteroatoms. The molecule has 0 aliphatic heterocycles. The van der Waals surface area contributed by atoms with E-state index in [0.29, 0.717) is 34.0 Å². The van der Waals surface area contributed by atoms with Gasteiger partial charge in [0, 0.05) is 11.6 Å². The van der Waals surface area contributed by atoms with E-state index in [9.17, 15) is 9.50 Å². The van der Waals surface area contributed by atoms with Crippen molar-refractivity contribution in [2.45, 2.75) is 19.9 Å². The van der Waals surface area contributed by atoms with Crippen LogP contribution in [0.25, 0.3) is 22.4 Å². The van der Waals surface area contributed by atoms with Gasteiger partial charge in [-0.3, -0.25) is 0 Å². The first kappa shape index (κ1) is 13.9. The molecule has 3 rings (SSSR count). The second-order valence-electron chi connectivity index (χ2n) is 4.88. The first-order valence-corrected chi connectivity index (χ1v) is 7.12. The van der Waals surface area contributed by atoms with Gasteiger partial charge in [-0.05, 0) is 42.8 Å². The number of hydrogen-bond acceptors (Lipinski definition) is 2. The number of benzene rings is 2. The highest BCUT2D eigenvalue weighted by Crippen LogP contribution is 2.33. The van der Waals surface area contributed by atoms with Crippen molar-refractivity contribution in [2.24, 2.45) is 0 Å². The molecule has 3 nitrogen and oxygen atoms in total. The molecule has 0 radical (unpaired) electrons. The minimum atomic E-state index is -0.304. The number of aryl methyl sites for hydroxylation is 1. The summed E-state index contributed by atoms with van der Waals surface area (Å²) in [7, 11) is 0. The van der Waals surface area contributed by atoms with Crippen molar-refractivity contribution in [3.63, 3.8) is 0 Å². The van der Waals surface area contributed by atoms with Crippen molar-refractivity contribution >= 4 is 22.6 Å². The number of imidazole rings is 1. The Balaban J connectivity index is 2.30. The number of phenols is 1. The van der Waals surface area contributed by atoms with Crippen LogP contribution < -0.4 is 0 Å². The van der Waals surface area contributed by atoms with Crippen LogP contribution in [0.5, 0.6) is 5.75 Å². The lowest BCUT2D eigenvalue weighted by Crippen LogP contribution is -2.00. The minimum Gasteiger partial charge on any atom is -0.507 e. The molecule has 3 aromatic rings. The zero-order chi connectivity index (χ0) is 15.0. The molecular formula is C16H14ClFN2O. The van der Waals surface area contributed by atoms with Crippen LogP contribution in [0.1, 0.15) is 13.3 Å². The molecular weight excluding hydrogens is 291 g/mol. The molecule has 0 bridgehead atoms. The molecule has 0 unspecified atom stereocenters. The van der Waals surface area contributed by atoms with Crippen LogP contribution in [0, 0.1) is 5.82 Å². The molecule has 1 aromatic heterocycles. The van der Waals surface area contributed by atoms with Gasteiger partial charge in [0.1, 0.15) is 17.4 Å². The fourth-order valence-corrected chi connectivity index (χ4v) is 2.61. The topological polar surface area (TPSA) is 38.0 Å². The fraction of sp³-hybridized carbons (Fsp3) is 0.188. The van der Waals surface area contributed by atoms with Gasteiger partial charge in [0.15, 0.2) is 0 Å². The number of hydrogen-bond donors (Lipinski definition) is 1. The van der Waals surface area contributed by atoms with E-state index in [4.69, 9.17) is 11.6 Å². The van der Waals surface area contributed by atoms with Gasteiger partial charge < -0.3 is 9.67 Å². The quantitative estimate of drug-likeness (QED) is 0.767. The van der Waals surface area contributed by atoms with Crippen molar-refractivity contribution in [1.82, 2.24) is 9.55 Å². The van der Waals surface area contributed by atoms with E-state index in [1.165, 1.54) is 18.2 Å². The fourth-order valence-electron chi connectivity index (χ4n) is 2.44. The molecule has 21 heavy (non-hydrogen) atoms. The predicted molar refractivity (Wildman–Crippen MR) is 82.1 cm³/mol. The maximum Gasteiger partial charge on any atom is 0.144 e. The highest BCUT2D eigenvalue weighted by molar-refractivity contribution is 6.30. The number of aromatic nitrogens is 2. The maximum absolute atomic E-state index is 13.5. The van der Waals surface area contributed by atoms with Gasteiger partial charge in [0.05, 0.1) is 16.6 Å². The number of halogens is 2. The third kappa shape index (κ3) is 2.47. The van der Waals surface area contributed by atoms with Gasteiger partial charge in [-0.15, -0.1) is 0 Å². The maximum atomic E-state index is 13.5. The second kappa shape index (κ2) is 5.37. The Morgan fingerprint density at radius 3 is 2.81 bits per heavy atom. The summed E-state index contributed by atoms with van der Waals surface area (Å²) in [4.78, 5) is 4.52. The van der Waals surface area contributed by atoms with Gasteiger partial charge >= 0.3 is 0 Å². The average Bonchev–Trinajstić information content (AvgIpc) is 2.80. The summed E-state index contributed by atoms with van der Waals surface area (Å²) in [6.07, 6.45) is 0.871. The molecule has 0 aliphatic rings. The van der Waals surface area contributed by atoms with Gasteiger partial charge in [0.25, 0.3) is 0 Å². The summed E-state index contributed by atoms with van der Waals surface area (Å²) in [5.41, 5.74) is 1.96. The zero-order valence-electron chi connectivity index (χ0n) is 11.5. The van der Waals surface area contributed by atoms with E-state index in [1.54, 1.807) is 18.2 Å². The van der Waals surface area contributed by atoms with Crippen molar-refractivity contribution < 1.29 is 9.50 Å². The van der Waals surface area contributed by atoms with Crippen LogP contribution in [0.3, 0.4) is 0 Å². The van der Waals surface area contributed by atoms with Crippen molar-refractivity contribution in [2.75, 3.05) is 0 Å². The summed E-state index contributed by atoms with van der Waals surface area (Å²) < 4.78 is 15.4. The monoisotopic (exact) mass is 304 g/mol. The van der Waals surface area contributed by atoms with Crippen molar-refractivity contribution in [3.8, 4) is 17.1 Å². The lowest BCUT2D eigenvalue weighted by atomic mass is 10.2. The molecule has 2 aromatic carbocycles. The highest BCUT2D eigenvalue weighted by atomic mass is 35.5. The number of rotatable bonds is 3.